The van der Waals surface area contributed by atoms with Gasteiger partial charge < -0.3 is 0 Å². The lowest BCUT2D eigenvalue weighted by Crippen LogP contribution is -2.09. The van der Waals surface area contributed by atoms with Crippen molar-refractivity contribution in [2.24, 2.45) is 5.92 Å². The van der Waals surface area contributed by atoms with E-state index in [9.17, 15) is 4.79 Å². The molecule has 0 radical (unpaired) electrons. The van der Waals surface area contributed by atoms with Crippen molar-refractivity contribution in [3.05, 3.63) is 33.9 Å². The number of aryl methyl sites for hydroxylation is 2. The third kappa shape index (κ3) is 3.08. The number of rotatable bonds is 4. The van der Waals surface area contributed by atoms with Crippen molar-refractivity contribution in [2.45, 2.75) is 66.2 Å². The lowest BCUT2D eigenvalue weighted by molar-refractivity contribution is 0.0972. The first-order valence-corrected chi connectivity index (χ1v) is 7.61. The van der Waals surface area contributed by atoms with Crippen molar-refractivity contribution < 1.29 is 4.79 Å². The minimum atomic E-state index is 0.355. The topological polar surface area (TPSA) is 17.1 Å². The van der Waals surface area contributed by atoms with Gasteiger partial charge in [0.1, 0.15) is 0 Å². The molecule has 1 saturated carbocycles. The fourth-order valence-electron chi connectivity index (χ4n) is 3.39. The molecule has 1 aromatic carbocycles. The summed E-state index contributed by atoms with van der Waals surface area (Å²) in [5, 5.41) is 0. The van der Waals surface area contributed by atoms with Crippen LogP contribution in [0.25, 0.3) is 0 Å². The molecule has 0 unspecified atom stereocenters. The highest BCUT2D eigenvalue weighted by Gasteiger charge is 2.19. The van der Waals surface area contributed by atoms with Crippen LogP contribution in [0, 0.1) is 33.6 Å². The third-order valence-electron chi connectivity index (χ3n) is 4.90. The maximum absolute atomic E-state index is 12.5. The number of carbonyl (C=O) groups is 1. The summed E-state index contributed by atoms with van der Waals surface area (Å²) in [6.07, 6.45) is 7.21. The third-order valence-corrected chi connectivity index (χ3v) is 4.90. The van der Waals surface area contributed by atoms with Crippen LogP contribution >= 0.6 is 0 Å². The largest absolute Gasteiger partial charge is 0.294 e. The van der Waals surface area contributed by atoms with Gasteiger partial charge in [0.2, 0.25) is 0 Å². The summed E-state index contributed by atoms with van der Waals surface area (Å²) in [5.74, 6) is 1.16. The van der Waals surface area contributed by atoms with E-state index in [2.05, 4.69) is 33.8 Å². The van der Waals surface area contributed by atoms with E-state index in [1.165, 1.54) is 47.9 Å². The van der Waals surface area contributed by atoms with Crippen LogP contribution in [0.2, 0.25) is 0 Å². The molecule has 1 fully saturated rings. The summed E-state index contributed by atoms with van der Waals surface area (Å²) in [6, 6.07) is 2.19. The monoisotopic (exact) mass is 258 g/mol. The Labute approximate surface area is 117 Å². The minimum absolute atomic E-state index is 0.355. The fourth-order valence-corrected chi connectivity index (χ4v) is 3.39. The van der Waals surface area contributed by atoms with Crippen LogP contribution < -0.4 is 0 Å². The Morgan fingerprint density at radius 2 is 1.58 bits per heavy atom. The van der Waals surface area contributed by atoms with Crippen molar-refractivity contribution in [3.63, 3.8) is 0 Å². The number of ketones is 1. The maximum atomic E-state index is 12.5. The minimum Gasteiger partial charge on any atom is -0.294 e. The lowest BCUT2D eigenvalue weighted by atomic mass is 9.89. The van der Waals surface area contributed by atoms with Crippen LogP contribution in [0.5, 0.6) is 0 Å². The Morgan fingerprint density at radius 3 is 2.11 bits per heavy atom. The first kappa shape index (κ1) is 14.3. The molecule has 0 saturated heterocycles. The average molecular weight is 258 g/mol. The van der Waals surface area contributed by atoms with Gasteiger partial charge in [-0.1, -0.05) is 31.7 Å². The molecule has 0 aliphatic heterocycles. The standard InChI is InChI=1S/C18H26O/c1-12-11-13(2)15(4)18(14(12)3)17(19)10-9-16-7-5-6-8-16/h11,16H,5-10H2,1-4H3. The van der Waals surface area contributed by atoms with Gasteiger partial charge in [-0.2, -0.15) is 0 Å². The van der Waals surface area contributed by atoms with Crippen LogP contribution in [0.4, 0.5) is 0 Å². The summed E-state index contributed by atoms with van der Waals surface area (Å²) in [7, 11) is 0. The first-order valence-electron chi connectivity index (χ1n) is 7.61. The Morgan fingerprint density at radius 1 is 1.05 bits per heavy atom. The van der Waals surface area contributed by atoms with Crippen molar-refractivity contribution in [1.82, 2.24) is 0 Å². The maximum Gasteiger partial charge on any atom is 0.163 e. The van der Waals surface area contributed by atoms with Crippen LogP contribution in [-0.2, 0) is 0 Å². The highest BCUT2D eigenvalue weighted by Crippen LogP contribution is 2.30. The van der Waals surface area contributed by atoms with E-state index in [0.29, 0.717) is 5.78 Å². The van der Waals surface area contributed by atoms with Crippen LogP contribution in [0.15, 0.2) is 6.07 Å². The molecular formula is C18H26O. The molecule has 0 spiro atoms. The van der Waals surface area contributed by atoms with Gasteiger partial charge in [-0.05, 0) is 62.3 Å². The number of hydrogen-bond donors (Lipinski definition) is 0. The van der Waals surface area contributed by atoms with Crippen molar-refractivity contribution in [1.29, 1.82) is 0 Å². The Hall–Kier alpha value is -1.11. The molecule has 104 valence electrons. The molecule has 19 heavy (non-hydrogen) atoms. The number of benzene rings is 1. The molecule has 1 nitrogen and oxygen atoms in total. The van der Waals surface area contributed by atoms with Gasteiger partial charge in [0.25, 0.3) is 0 Å². The highest BCUT2D eigenvalue weighted by atomic mass is 16.1. The van der Waals surface area contributed by atoms with Gasteiger partial charge >= 0.3 is 0 Å². The molecule has 0 bridgehead atoms. The molecule has 1 aromatic rings. The van der Waals surface area contributed by atoms with E-state index in [1.807, 2.05) is 0 Å². The number of carbonyl (C=O) groups excluding carboxylic acids is 1. The SMILES string of the molecule is Cc1cc(C)c(C)c(C(=O)CCC2CCCC2)c1C. The highest BCUT2D eigenvalue weighted by molar-refractivity contribution is 5.99. The molecule has 0 aromatic heterocycles. The second kappa shape index (κ2) is 5.90. The summed E-state index contributed by atoms with van der Waals surface area (Å²) in [4.78, 5) is 12.5. The van der Waals surface area contributed by atoms with Crippen LogP contribution in [0.3, 0.4) is 0 Å². The van der Waals surface area contributed by atoms with E-state index in [-0.39, 0.29) is 0 Å². The van der Waals surface area contributed by atoms with Crippen LogP contribution in [0.1, 0.15) is 71.1 Å². The Kier molecular flexibility index (Phi) is 4.44. The molecule has 1 aliphatic rings. The van der Waals surface area contributed by atoms with E-state index in [1.54, 1.807) is 0 Å². The summed E-state index contributed by atoms with van der Waals surface area (Å²) in [6.45, 7) is 8.39. The van der Waals surface area contributed by atoms with Crippen LogP contribution in [-0.4, -0.2) is 5.78 Å². The molecule has 0 amide bonds. The molecule has 0 heterocycles. The van der Waals surface area contributed by atoms with E-state index >= 15 is 0 Å². The predicted octanol–water partition coefficient (Wildman–Crippen LogP) is 5.07. The van der Waals surface area contributed by atoms with Gasteiger partial charge in [0.05, 0.1) is 0 Å². The summed E-state index contributed by atoms with van der Waals surface area (Å²) in [5.41, 5.74) is 5.84. The molecule has 0 atom stereocenters. The van der Waals surface area contributed by atoms with Gasteiger partial charge in [-0.3, -0.25) is 4.79 Å². The smallest absolute Gasteiger partial charge is 0.163 e. The first-order chi connectivity index (χ1) is 9.00. The zero-order valence-corrected chi connectivity index (χ0v) is 12.8. The second-order valence-corrected chi connectivity index (χ2v) is 6.25. The second-order valence-electron chi connectivity index (χ2n) is 6.25. The molecular weight excluding hydrogens is 232 g/mol. The molecule has 0 N–H and O–H groups in total. The van der Waals surface area contributed by atoms with E-state index in [0.717, 1.165) is 24.3 Å². The average Bonchev–Trinajstić information content (AvgIpc) is 2.87. The molecule has 1 aliphatic carbocycles. The Balaban J connectivity index is 2.14. The van der Waals surface area contributed by atoms with Gasteiger partial charge in [-0.15, -0.1) is 0 Å². The van der Waals surface area contributed by atoms with Crippen molar-refractivity contribution in [2.75, 3.05) is 0 Å². The van der Waals surface area contributed by atoms with Crippen molar-refractivity contribution >= 4 is 5.78 Å². The quantitative estimate of drug-likeness (QED) is 0.689. The predicted molar refractivity (Wildman–Crippen MR) is 80.9 cm³/mol. The lowest BCUT2D eigenvalue weighted by Gasteiger charge is -2.15. The zero-order chi connectivity index (χ0) is 14.0. The van der Waals surface area contributed by atoms with E-state index < -0.39 is 0 Å². The van der Waals surface area contributed by atoms with Crippen molar-refractivity contribution in [3.8, 4) is 0 Å². The normalized spacial score (nSPS) is 16.0. The zero-order valence-electron chi connectivity index (χ0n) is 12.8. The van der Waals surface area contributed by atoms with E-state index in [4.69, 9.17) is 0 Å². The molecule has 2 rings (SSSR count). The number of hydrogen-bond acceptors (Lipinski definition) is 1. The fraction of sp³-hybridized carbons (Fsp3) is 0.611. The summed E-state index contributed by atoms with van der Waals surface area (Å²) < 4.78 is 0. The van der Waals surface area contributed by atoms with Gasteiger partial charge in [0.15, 0.2) is 5.78 Å². The molecule has 1 heteroatoms. The number of Topliss-reactive ketones (excluding diaryl/α,β-unsaturated/α-hetero) is 1. The Bertz CT molecular complexity index is 453. The summed E-state index contributed by atoms with van der Waals surface area (Å²) >= 11 is 0. The van der Waals surface area contributed by atoms with Gasteiger partial charge in [0, 0.05) is 12.0 Å². The van der Waals surface area contributed by atoms with Gasteiger partial charge in [-0.25, -0.2) is 0 Å².